The van der Waals surface area contributed by atoms with E-state index in [0.29, 0.717) is 11.1 Å². The van der Waals surface area contributed by atoms with E-state index >= 15 is 0 Å². The molecule has 2 amide bonds. The number of imide groups is 1. The Morgan fingerprint density at radius 1 is 1.05 bits per heavy atom. The summed E-state index contributed by atoms with van der Waals surface area (Å²) in [5.74, 6) is -0.707. The molecule has 104 valence electrons. The highest BCUT2D eigenvalue weighted by Crippen LogP contribution is 2.41. The molecule has 6 heteroatoms. The zero-order chi connectivity index (χ0) is 14.0. The Morgan fingerprint density at radius 3 is 2.25 bits per heavy atom. The maximum absolute atomic E-state index is 12.4. The van der Waals surface area contributed by atoms with Crippen molar-refractivity contribution >= 4 is 11.8 Å². The first kappa shape index (κ1) is 12.0. The van der Waals surface area contributed by atoms with Gasteiger partial charge in [0.15, 0.2) is 0 Å². The van der Waals surface area contributed by atoms with Crippen molar-refractivity contribution in [3.8, 4) is 0 Å². The van der Waals surface area contributed by atoms with Crippen molar-refractivity contribution in [1.29, 1.82) is 0 Å². The van der Waals surface area contributed by atoms with Crippen molar-refractivity contribution in [3.05, 3.63) is 35.4 Å². The third kappa shape index (κ3) is 1.44. The van der Waals surface area contributed by atoms with Crippen molar-refractivity contribution in [2.75, 3.05) is 0 Å². The van der Waals surface area contributed by atoms with Gasteiger partial charge in [-0.2, -0.15) is 0 Å². The number of carbonyl (C=O) groups excluding carboxylic acids is 2. The van der Waals surface area contributed by atoms with Crippen LogP contribution in [0.4, 0.5) is 0 Å². The molecular weight excluding hydrogens is 262 g/mol. The third-order valence-electron chi connectivity index (χ3n) is 4.31. The van der Waals surface area contributed by atoms with Crippen LogP contribution in [0.25, 0.3) is 0 Å². The van der Waals surface area contributed by atoms with Crippen molar-refractivity contribution < 1.29 is 24.5 Å². The average Bonchev–Trinajstić information content (AvgIpc) is 3.20. The summed E-state index contributed by atoms with van der Waals surface area (Å²) in [6.45, 7) is 0. The summed E-state index contributed by atoms with van der Waals surface area (Å²) in [4.78, 5) is 25.9. The molecule has 2 aliphatic heterocycles. The van der Waals surface area contributed by atoms with Crippen molar-refractivity contribution in [2.45, 2.75) is 36.9 Å². The lowest BCUT2D eigenvalue weighted by atomic mass is 9.89. The number of hydrogen-bond donors (Lipinski definition) is 2. The van der Waals surface area contributed by atoms with Gasteiger partial charge in [-0.05, 0) is 18.6 Å². The van der Waals surface area contributed by atoms with Crippen LogP contribution in [0.15, 0.2) is 24.3 Å². The van der Waals surface area contributed by atoms with E-state index in [9.17, 15) is 19.8 Å². The lowest BCUT2D eigenvalue weighted by Crippen LogP contribution is -2.52. The number of benzene rings is 1. The second kappa shape index (κ2) is 3.88. The van der Waals surface area contributed by atoms with Crippen LogP contribution in [0, 0.1) is 0 Å². The minimum atomic E-state index is -0.979. The summed E-state index contributed by atoms with van der Waals surface area (Å²) in [6, 6.07) is 6.15. The average molecular weight is 275 g/mol. The van der Waals surface area contributed by atoms with E-state index in [1.54, 1.807) is 24.3 Å². The summed E-state index contributed by atoms with van der Waals surface area (Å²) in [5, 5.41) is 19.5. The van der Waals surface area contributed by atoms with Crippen molar-refractivity contribution in [1.82, 2.24) is 4.90 Å². The number of ether oxygens (including phenoxy) is 1. The molecular formula is C14H13NO5. The molecule has 0 spiro atoms. The Hall–Kier alpha value is -1.76. The molecule has 0 unspecified atom stereocenters. The fourth-order valence-corrected chi connectivity index (χ4v) is 3.22. The van der Waals surface area contributed by atoms with E-state index in [1.165, 1.54) is 4.90 Å². The highest BCUT2D eigenvalue weighted by atomic mass is 16.6. The first-order chi connectivity index (χ1) is 9.59. The van der Waals surface area contributed by atoms with E-state index < -0.39 is 24.4 Å². The summed E-state index contributed by atoms with van der Waals surface area (Å²) in [7, 11) is 0. The summed E-state index contributed by atoms with van der Waals surface area (Å²) < 4.78 is 5.32. The molecule has 2 N–H and O–H groups in total. The molecule has 2 heterocycles. The Bertz CT molecular complexity index is 578. The first-order valence-corrected chi connectivity index (χ1v) is 6.58. The SMILES string of the molecule is O=C1c2ccccc2C(=O)N1[C@@H]1C[C@H](O)[C@@H](O)[C@H]2O[C@H]21. The molecule has 2 fully saturated rings. The molecule has 4 rings (SSSR count). The van der Waals surface area contributed by atoms with Crippen LogP contribution >= 0.6 is 0 Å². The van der Waals surface area contributed by atoms with Crippen LogP contribution in [0.2, 0.25) is 0 Å². The number of carbonyl (C=O) groups is 2. The standard InChI is InChI=1S/C14H13NO5/c16-9-5-8(11-12(20-11)10(9)17)15-13(18)6-3-1-2-4-7(6)14(15)19/h1-4,8-12,16-17H,5H2/t8-,9+,10-,11+,12-/m1/s1. The Labute approximate surface area is 114 Å². The molecule has 0 aromatic heterocycles. The van der Waals surface area contributed by atoms with Crippen LogP contribution in [-0.2, 0) is 4.74 Å². The molecule has 1 aromatic rings. The van der Waals surface area contributed by atoms with Gasteiger partial charge in [0.2, 0.25) is 0 Å². The normalized spacial score (nSPS) is 38.7. The van der Waals surface area contributed by atoms with E-state index in [-0.39, 0.29) is 24.3 Å². The van der Waals surface area contributed by atoms with Crippen LogP contribution in [0.5, 0.6) is 0 Å². The van der Waals surface area contributed by atoms with Crippen LogP contribution in [0.3, 0.4) is 0 Å². The lowest BCUT2D eigenvalue weighted by Gasteiger charge is -2.31. The number of nitrogens with zero attached hydrogens (tertiary/aromatic N) is 1. The Balaban J connectivity index is 1.68. The molecule has 1 saturated heterocycles. The molecule has 6 nitrogen and oxygen atoms in total. The number of aliphatic hydroxyl groups excluding tert-OH is 2. The smallest absolute Gasteiger partial charge is 0.261 e. The van der Waals surface area contributed by atoms with E-state index in [4.69, 9.17) is 4.74 Å². The van der Waals surface area contributed by atoms with Gasteiger partial charge in [-0.15, -0.1) is 0 Å². The number of rotatable bonds is 1. The Morgan fingerprint density at radius 2 is 1.65 bits per heavy atom. The number of epoxide rings is 1. The second-order valence-corrected chi connectivity index (χ2v) is 5.45. The van der Waals surface area contributed by atoms with Crippen LogP contribution in [-0.4, -0.2) is 57.4 Å². The van der Waals surface area contributed by atoms with Crippen LogP contribution in [0.1, 0.15) is 27.1 Å². The summed E-state index contributed by atoms with van der Waals surface area (Å²) in [6.07, 6.45) is -2.61. The number of fused-ring (bicyclic) bond motifs is 2. The van der Waals surface area contributed by atoms with Gasteiger partial charge in [0.1, 0.15) is 18.3 Å². The predicted octanol–water partition coefficient (Wildman–Crippen LogP) is -0.456. The fraction of sp³-hybridized carbons (Fsp3) is 0.429. The van der Waals surface area contributed by atoms with Crippen LogP contribution < -0.4 is 0 Å². The topological polar surface area (TPSA) is 90.4 Å². The fourth-order valence-electron chi connectivity index (χ4n) is 3.22. The van der Waals surface area contributed by atoms with E-state index in [2.05, 4.69) is 0 Å². The minimum absolute atomic E-state index is 0.147. The quantitative estimate of drug-likeness (QED) is 0.535. The van der Waals surface area contributed by atoms with Crippen molar-refractivity contribution in [2.24, 2.45) is 0 Å². The molecule has 0 bridgehead atoms. The van der Waals surface area contributed by atoms with Gasteiger partial charge in [0, 0.05) is 0 Å². The second-order valence-electron chi connectivity index (χ2n) is 5.45. The van der Waals surface area contributed by atoms with Gasteiger partial charge in [-0.3, -0.25) is 14.5 Å². The predicted molar refractivity (Wildman–Crippen MR) is 66.0 cm³/mol. The van der Waals surface area contributed by atoms with Gasteiger partial charge in [-0.1, -0.05) is 12.1 Å². The largest absolute Gasteiger partial charge is 0.390 e. The molecule has 5 atom stereocenters. The van der Waals surface area contributed by atoms with E-state index in [1.807, 2.05) is 0 Å². The Kier molecular flexibility index (Phi) is 2.33. The van der Waals surface area contributed by atoms with Gasteiger partial charge in [-0.25, -0.2) is 0 Å². The molecule has 1 aliphatic carbocycles. The molecule has 3 aliphatic rings. The maximum atomic E-state index is 12.4. The lowest BCUT2D eigenvalue weighted by molar-refractivity contribution is -0.0196. The van der Waals surface area contributed by atoms with Gasteiger partial charge < -0.3 is 14.9 Å². The first-order valence-electron chi connectivity index (χ1n) is 6.58. The van der Waals surface area contributed by atoms with Gasteiger partial charge in [0.25, 0.3) is 11.8 Å². The third-order valence-corrected chi connectivity index (χ3v) is 4.31. The highest BCUT2D eigenvalue weighted by Gasteiger charge is 2.60. The molecule has 20 heavy (non-hydrogen) atoms. The van der Waals surface area contributed by atoms with Gasteiger partial charge in [0.05, 0.1) is 23.3 Å². The zero-order valence-electron chi connectivity index (χ0n) is 10.5. The molecule has 0 radical (unpaired) electrons. The van der Waals surface area contributed by atoms with Crippen molar-refractivity contribution in [3.63, 3.8) is 0 Å². The van der Waals surface area contributed by atoms with Gasteiger partial charge >= 0.3 is 0 Å². The molecule has 1 saturated carbocycles. The maximum Gasteiger partial charge on any atom is 0.261 e. The molecule has 1 aromatic carbocycles. The number of aliphatic hydroxyl groups is 2. The number of amides is 2. The number of hydrogen-bond acceptors (Lipinski definition) is 5. The van der Waals surface area contributed by atoms with E-state index in [0.717, 1.165) is 0 Å². The summed E-state index contributed by atoms with van der Waals surface area (Å²) >= 11 is 0. The zero-order valence-corrected chi connectivity index (χ0v) is 10.5. The summed E-state index contributed by atoms with van der Waals surface area (Å²) in [5.41, 5.74) is 0.769. The minimum Gasteiger partial charge on any atom is -0.390 e. The monoisotopic (exact) mass is 275 g/mol. The highest BCUT2D eigenvalue weighted by molar-refractivity contribution is 6.21.